The molecule has 17 heavy (non-hydrogen) atoms. The minimum absolute atomic E-state index is 0.0441. The molecule has 1 aromatic rings. The summed E-state index contributed by atoms with van der Waals surface area (Å²) >= 11 is -1.48. The molecule has 1 rings (SSSR count). The molecule has 0 radical (unpaired) electrons. The Kier molecular flexibility index (Phi) is 4.27. The van der Waals surface area contributed by atoms with E-state index in [1.54, 1.807) is 20.8 Å². The van der Waals surface area contributed by atoms with E-state index in [9.17, 15) is 13.3 Å². The molecule has 0 aliphatic heterocycles. The number of rotatable bonds is 2. The molecule has 0 heterocycles. The summed E-state index contributed by atoms with van der Waals surface area (Å²) in [6, 6.07) is 3.84. The lowest BCUT2D eigenvalue weighted by atomic mass is 10.1. The number of nitrogens with zero attached hydrogens (tertiary/aromatic N) is 1. The highest BCUT2D eigenvalue weighted by atomic mass is 32.2. The van der Waals surface area contributed by atoms with Crippen molar-refractivity contribution in [1.29, 1.82) is 0 Å². The van der Waals surface area contributed by atoms with Gasteiger partial charge in [-0.15, -0.1) is 0 Å². The second-order valence-corrected chi connectivity index (χ2v) is 6.55. The van der Waals surface area contributed by atoms with Gasteiger partial charge in [0, 0.05) is 5.56 Å². The van der Waals surface area contributed by atoms with Gasteiger partial charge in [0.25, 0.3) is 0 Å². The van der Waals surface area contributed by atoms with Crippen LogP contribution in [0.2, 0.25) is 0 Å². The molecule has 2 nitrogen and oxygen atoms in total. The third-order valence-electron chi connectivity index (χ3n) is 2.09. The quantitative estimate of drug-likeness (QED) is 0.593. The fraction of sp³-hybridized carbons (Fsp3) is 0.417. The molecule has 0 saturated heterocycles. The van der Waals surface area contributed by atoms with E-state index in [2.05, 4.69) is 4.40 Å². The van der Waals surface area contributed by atoms with E-state index in [4.69, 9.17) is 0 Å². The first-order valence-corrected chi connectivity index (χ1v) is 6.26. The molecule has 0 spiro atoms. The van der Waals surface area contributed by atoms with Crippen molar-refractivity contribution < 1.29 is 13.3 Å². The summed E-state index contributed by atoms with van der Waals surface area (Å²) in [6.45, 7) is 6.81. The van der Waals surface area contributed by atoms with Crippen LogP contribution in [-0.2, 0) is 11.4 Å². The summed E-state index contributed by atoms with van der Waals surface area (Å²) in [5, 5.41) is 0. The molecule has 5 heteroatoms. The summed E-state index contributed by atoms with van der Waals surface area (Å²) < 4.78 is 41.6. The van der Waals surface area contributed by atoms with Gasteiger partial charge in [0.1, 0.15) is 16.1 Å². The van der Waals surface area contributed by atoms with E-state index in [1.165, 1.54) is 19.1 Å². The number of hydrogen-bond donors (Lipinski definition) is 0. The molecule has 0 bridgehead atoms. The Morgan fingerprint density at radius 2 is 1.88 bits per heavy atom. The fourth-order valence-corrected chi connectivity index (χ4v) is 1.71. The standard InChI is InChI=1S/C12H15F2NOS/c1-8(15-17(16)12(2,3)4)9-6-5-7-10(13)11(9)14/h5-7H,1-4H3/t17-/m1/s1. The Hall–Kier alpha value is -0.940. The van der Waals surface area contributed by atoms with Crippen molar-refractivity contribution in [2.24, 2.45) is 4.40 Å². The SMILES string of the molecule is CC(=N[S@+]([O-])C(C)(C)C)c1cccc(F)c1F. The molecule has 0 aromatic heterocycles. The normalized spacial score (nSPS) is 14.9. The van der Waals surface area contributed by atoms with Gasteiger partial charge in [0.15, 0.2) is 11.6 Å². The molecule has 94 valence electrons. The van der Waals surface area contributed by atoms with Crippen molar-refractivity contribution in [2.45, 2.75) is 32.4 Å². The maximum Gasteiger partial charge on any atom is 0.168 e. The Morgan fingerprint density at radius 3 is 2.41 bits per heavy atom. The second kappa shape index (κ2) is 5.14. The van der Waals surface area contributed by atoms with Gasteiger partial charge < -0.3 is 4.55 Å². The van der Waals surface area contributed by atoms with Crippen LogP contribution in [0.4, 0.5) is 8.78 Å². The fourth-order valence-electron chi connectivity index (χ4n) is 1.09. The summed E-state index contributed by atoms with van der Waals surface area (Å²) in [5.41, 5.74) is 0.276. The van der Waals surface area contributed by atoms with Crippen LogP contribution >= 0.6 is 0 Å². The van der Waals surface area contributed by atoms with Crippen LogP contribution in [0.1, 0.15) is 33.3 Å². The third-order valence-corrected chi connectivity index (χ3v) is 3.57. The average molecular weight is 259 g/mol. The molecule has 0 N–H and O–H groups in total. The molecule has 0 fully saturated rings. The second-order valence-electron chi connectivity index (χ2n) is 4.64. The van der Waals surface area contributed by atoms with Crippen molar-refractivity contribution in [3.63, 3.8) is 0 Å². The summed E-state index contributed by atoms with van der Waals surface area (Å²) in [7, 11) is 0. The lowest BCUT2D eigenvalue weighted by Crippen LogP contribution is -2.26. The predicted molar refractivity (Wildman–Crippen MR) is 66.5 cm³/mol. The van der Waals surface area contributed by atoms with Crippen LogP contribution in [0.3, 0.4) is 0 Å². The van der Waals surface area contributed by atoms with Gasteiger partial charge in [0.05, 0.1) is 5.71 Å². The van der Waals surface area contributed by atoms with Gasteiger partial charge >= 0.3 is 0 Å². The van der Waals surface area contributed by atoms with Crippen LogP contribution < -0.4 is 0 Å². The van der Waals surface area contributed by atoms with Gasteiger partial charge in [-0.2, -0.15) is 0 Å². The van der Waals surface area contributed by atoms with Gasteiger partial charge in [0.2, 0.25) is 0 Å². The molecule has 0 unspecified atom stereocenters. The van der Waals surface area contributed by atoms with Crippen molar-refractivity contribution in [3.05, 3.63) is 35.4 Å². The topological polar surface area (TPSA) is 35.4 Å². The monoisotopic (exact) mass is 259 g/mol. The first kappa shape index (κ1) is 14.1. The van der Waals surface area contributed by atoms with E-state index in [1.807, 2.05) is 0 Å². The van der Waals surface area contributed by atoms with Crippen molar-refractivity contribution in [2.75, 3.05) is 0 Å². The minimum Gasteiger partial charge on any atom is -0.591 e. The highest BCUT2D eigenvalue weighted by molar-refractivity contribution is 7.91. The Balaban J connectivity index is 3.09. The lowest BCUT2D eigenvalue weighted by Gasteiger charge is -2.18. The minimum atomic E-state index is -1.48. The summed E-state index contributed by atoms with van der Waals surface area (Å²) in [4.78, 5) is 0. The van der Waals surface area contributed by atoms with Crippen LogP contribution in [0, 0.1) is 11.6 Å². The van der Waals surface area contributed by atoms with Crippen molar-refractivity contribution in [3.8, 4) is 0 Å². The van der Waals surface area contributed by atoms with Gasteiger partial charge in [-0.3, -0.25) is 0 Å². The zero-order valence-corrected chi connectivity index (χ0v) is 11.1. The first-order valence-electron chi connectivity index (χ1n) is 5.15. The maximum atomic E-state index is 13.4. The van der Waals surface area contributed by atoms with E-state index in [0.29, 0.717) is 0 Å². The first-order chi connectivity index (χ1) is 7.73. The molecule has 1 aromatic carbocycles. The summed E-state index contributed by atoms with van der Waals surface area (Å²) in [5.74, 6) is -1.89. The van der Waals surface area contributed by atoms with Crippen LogP contribution in [0.25, 0.3) is 0 Å². The smallest absolute Gasteiger partial charge is 0.168 e. The van der Waals surface area contributed by atoms with Crippen molar-refractivity contribution in [1.82, 2.24) is 0 Å². The molecule has 0 aliphatic carbocycles. The van der Waals surface area contributed by atoms with Crippen LogP contribution in [0.5, 0.6) is 0 Å². The van der Waals surface area contributed by atoms with Crippen LogP contribution in [-0.4, -0.2) is 15.0 Å². The van der Waals surface area contributed by atoms with Crippen LogP contribution in [0.15, 0.2) is 22.6 Å². The lowest BCUT2D eigenvalue weighted by molar-refractivity contribution is 0.507. The van der Waals surface area contributed by atoms with Crippen molar-refractivity contribution >= 4 is 17.1 Å². The zero-order chi connectivity index (χ0) is 13.2. The maximum absolute atomic E-state index is 13.4. The predicted octanol–water partition coefficient (Wildman–Crippen LogP) is 3.24. The number of benzene rings is 1. The number of halogens is 2. The Bertz CT molecular complexity index is 441. The molecule has 0 amide bonds. The van der Waals surface area contributed by atoms with Gasteiger partial charge in [-0.05, 0) is 39.8 Å². The molecule has 0 saturated carbocycles. The largest absolute Gasteiger partial charge is 0.591 e. The van der Waals surface area contributed by atoms with E-state index >= 15 is 0 Å². The Labute approximate surface area is 103 Å². The number of hydrogen-bond acceptors (Lipinski definition) is 2. The Morgan fingerprint density at radius 1 is 1.29 bits per heavy atom. The zero-order valence-electron chi connectivity index (χ0n) is 10.3. The molecular formula is C12H15F2NOS. The average Bonchev–Trinajstić information content (AvgIpc) is 2.20. The van der Waals surface area contributed by atoms with E-state index in [0.717, 1.165) is 6.07 Å². The third kappa shape index (κ3) is 3.51. The van der Waals surface area contributed by atoms with E-state index < -0.39 is 27.7 Å². The molecule has 0 aliphatic rings. The van der Waals surface area contributed by atoms with Gasteiger partial charge in [-0.1, -0.05) is 10.5 Å². The molecule has 1 atom stereocenters. The summed E-state index contributed by atoms with van der Waals surface area (Å²) in [6.07, 6.45) is 0. The van der Waals surface area contributed by atoms with Gasteiger partial charge in [-0.25, -0.2) is 8.78 Å². The highest BCUT2D eigenvalue weighted by Crippen LogP contribution is 2.19. The van der Waals surface area contributed by atoms with E-state index in [-0.39, 0.29) is 11.3 Å². The highest BCUT2D eigenvalue weighted by Gasteiger charge is 2.27. The molecular weight excluding hydrogens is 244 g/mol.